The maximum atomic E-state index is 12.3. The molecule has 0 aliphatic heterocycles. The molecule has 0 aliphatic carbocycles. The van der Waals surface area contributed by atoms with Gasteiger partial charge in [-0.05, 0) is 83.3 Å². The Hall–Kier alpha value is -1.10. The number of hydrogen-bond acceptors (Lipinski definition) is 5. The smallest absolute Gasteiger partial charge is 0.305 e. The minimum atomic E-state index is 0.0123. The first-order valence-corrected chi connectivity index (χ1v) is 25.8. The average molecular weight is 806 g/mol. The molecule has 57 heavy (non-hydrogen) atoms. The first-order chi connectivity index (χ1) is 27.9. The molecule has 0 aromatic rings. The van der Waals surface area contributed by atoms with Crippen LogP contribution in [0.15, 0.2) is 0 Å². The third kappa shape index (κ3) is 41.4. The Morgan fingerprint density at radius 2 is 0.632 bits per heavy atom. The van der Waals surface area contributed by atoms with Gasteiger partial charge < -0.3 is 14.4 Å². The minimum Gasteiger partial charge on any atom is -0.466 e. The number of rotatable bonds is 46. The van der Waals surface area contributed by atoms with Gasteiger partial charge in [-0.25, -0.2) is 0 Å². The molecule has 0 saturated carbocycles. The summed E-state index contributed by atoms with van der Waals surface area (Å²) in [6, 6.07) is 0. The Bertz CT molecular complexity index is 821. The first kappa shape index (κ1) is 55.9. The van der Waals surface area contributed by atoms with Crippen molar-refractivity contribution in [1.82, 2.24) is 4.90 Å². The molecule has 0 aromatic carbocycles. The topological polar surface area (TPSA) is 55.8 Å². The molecule has 0 bridgehead atoms. The zero-order valence-corrected chi connectivity index (χ0v) is 39.8. The van der Waals surface area contributed by atoms with Crippen LogP contribution >= 0.6 is 0 Å². The Labute approximate surface area is 358 Å². The molecule has 0 amide bonds. The van der Waals surface area contributed by atoms with Crippen molar-refractivity contribution in [1.29, 1.82) is 0 Å². The van der Waals surface area contributed by atoms with E-state index in [4.69, 9.17) is 9.47 Å². The van der Waals surface area contributed by atoms with E-state index in [1.807, 2.05) is 0 Å². The number of ether oxygens (including phenoxy) is 2. The summed E-state index contributed by atoms with van der Waals surface area (Å²) in [4.78, 5) is 26.9. The Morgan fingerprint density at radius 1 is 0.351 bits per heavy atom. The van der Waals surface area contributed by atoms with E-state index >= 15 is 0 Å². The molecule has 0 saturated heterocycles. The number of unbranched alkanes of at least 4 members (excludes halogenated alkanes) is 18. The zero-order valence-electron chi connectivity index (χ0n) is 39.8. The highest BCUT2D eigenvalue weighted by atomic mass is 16.5. The van der Waals surface area contributed by atoms with E-state index < -0.39 is 0 Å². The van der Waals surface area contributed by atoms with Crippen molar-refractivity contribution in [3.05, 3.63) is 0 Å². The quantitative estimate of drug-likeness (QED) is 0.0453. The SMILES string of the molecule is CCCCCC(CCCC)CCCCOC(=O)CCCCCCCC(CCCCCCCC(=O)OCCCCC(CCCCC)CCCCC)CCCCN(C)C. The molecule has 0 spiro atoms. The normalized spacial score (nSPS) is 12.8. The molecule has 0 rings (SSSR count). The molecule has 2 atom stereocenters. The average Bonchev–Trinajstić information content (AvgIpc) is 3.19. The van der Waals surface area contributed by atoms with Crippen LogP contribution in [0, 0.1) is 17.8 Å². The summed E-state index contributed by atoms with van der Waals surface area (Å²) in [7, 11) is 4.36. The van der Waals surface area contributed by atoms with Gasteiger partial charge in [-0.15, -0.1) is 0 Å². The number of carbonyl (C=O) groups is 2. The van der Waals surface area contributed by atoms with Gasteiger partial charge in [0, 0.05) is 12.8 Å². The highest BCUT2D eigenvalue weighted by Gasteiger charge is 2.12. The standard InChI is InChI=1S/C52H103NO4/c1-7-11-21-35-48(34-14-10-4)41-29-32-46-56-51(54)43-26-19-15-17-24-38-50(40-28-31-45-53(5)6)39-25-18-16-20-27-44-52(55)57-47-33-30-42-49(36-22-12-8-2)37-23-13-9-3/h48-50H,7-47H2,1-6H3. The first-order valence-electron chi connectivity index (χ1n) is 25.8. The Balaban J connectivity index is 4.08. The van der Waals surface area contributed by atoms with Gasteiger partial charge in [0.15, 0.2) is 0 Å². The van der Waals surface area contributed by atoms with Crippen molar-refractivity contribution in [2.75, 3.05) is 33.9 Å². The Morgan fingerprint density at radius 3 is 0.982 bits per heavy atom. The lowest BCUT2D eigenvalue weighted by Gasteiger charge is -2.18. The van der Waals surface area contributed by atoms with Gasteiger partial charge in [-0.3, -0.25) is 9.59 Å². The highest BCUT2D eigenvalue weighted by molar-refractivity contribution is 5.69. The van der Waals surface area contributed by atoms with Crippen LogP contribution in [0.25, 0.3) is 0 Å². The van der Waals surface area contributed by atoms with Gasteiger partial charge in [0.05, 0.1) is 13.2 Å². The fraction of sp³-hybridized carbons (Fsp3) is 0.962. The summed E-state index contributed by atoms with van der Waals surface area (Å²) in [5.41, 5.74) is 0. The second kappa shape index (κ2) is 44.5. The second-order valence-corrected chi connectivity index (χ2v) is 18.6. The van der Waals surface area contributed by atoms with Gasteiger partial charge in [0.1, 0.15) is 0 Å². The Kier molecular flexibility index (Phi) is 43.6. The second-order valence-electron chi connectivity index (χ2n) is 18.6. The molecule has 0 fully saturated rings. The summed E-state index contributed by atoms with van der Waals surface area (Å²) >= 11 is 0. The van der Waals surface area contributed by atoms with Crippen molar-refractivity contribution in [3.8, 4) is 0 Å². The van der Waals surface area contributed by atoms with E-state index in [0.717, 1.165) is 56.3 Å². The fourth-order valence-corrected chi connectivity index (χ4v) is 8.75. The van der Waals surface area contributed by atoms with Crippen molar-refractivity contribution >= 4 is 11.9 Å². The van der Waals surface area contributed by atoms with E-state index in [9.17, 15) is 9.59 Å². The third-order valence-corrected chi connectivity index (χ3v) is 12.6. The lowest BCUT2D eigenvalue weighted by atomic mass is 9.90. The molecule has 2 unspecified atom stereocenters. The molecule has 5 heteroatoms. The maximum absolute atomic E-state index is 12.3. The number of carbonyl (C=O) groups excluding carboxylic acids is 2. The maximum Gasteiger partial charge on any atom is 0.305 e. The van der Waals surface area contributed by atoms with Crippen molar-refractivity contribution in [2.24, 2.45) is 17.8 Å². The molecular formula is C52H103NO4. The van der Waals surface area contributed by atoms with Crippen LogP contribution in [0.2, 0.25) is 0 Å². The fourth-order valence-electron chi connectivity index (χ4n) is 8.75. The number of esters is 2. The summed E-state index contributed by atoms with van der Waals surface area (Å²) in [5, 5.41) is 0. The van der Waals surface area contributed by atoms with Gasteiger partial charge in [0.25, 0.3) is 0 Å². The van der Waals surface area contributed by atoms with E-state index in [-0.39, 0.29) is 11.9 Å². The van der Waals surface area contributed by atoms with Gasteiger partial charge in [0.2, 0.25) is 0 Å². The van der Waals surface area contributed by atoms with Crippen LogP contribution in [0.1, 0.15) is 272 Å². The van der Waals surface area contributed by atoms with E-state index in [0.29, 0.717) is 26.1 Å². The summed E-state index contributed by atoms with van der Waals surface area (Å²) in [6.45, 7) is 11.6. The third-order valence-electron chi connectivity index (χ3n) is 12.6. The minimum absolute atomic E-state index is 0.0123. The van der Waals surface area contributed by atoms with Crippen molar-refractivity contribution in [2.45, 2.75) is 272 Å². The number of nitrogens with zero attached hydrogens (tertiary/aromatic N) is 1. The molecule has 0 heterocycles. The van der Waals surface area contributed by atoms with Gasteiger partial charge >= 0.3 is 11.9 Å². The van der Waals surface area contributed by atoms with Crippen LogP contribution in [-0.4, -0.2) is 50.7 Å². The molecule has 0 radical (unpaired) electrons. The zero-order chi connectivity index (χ0) is 41.9. The predicted octanol–water partition coefficient (Wildman–Crippen LogP) is 16.4. The van der Waals surface area contributed by atoms with Crippen LogP contribution in [-0.2, 0) is 19.1 Å². The molecular weight excluding hydrogens is 703 g/mol. The molecule has 0 N–H and O–H groups in total. The summed E-state index contributed by atoms with van der Waals surface area (Å²) in [6.07, 6.45) is 47.2. The van der Waals surface area contributed by atoms with Gasteiger partial charge in [-0.2, -0.15) is 0 Å². The van der Waals surface area contributed by atoms with E-state index in [2.05, 4.69) is 46.7 Å². The van der Waals surface area contributed by atoms with Crippen LogP contribution in [0.3, 0.4) is 0 Å². The largest absolute Gasteiger partial charge is 0.466 e. The van der Waals surface area contributed by atoms with E-state index in [1.165, 1.54) is 199 Å². The van der Waals surface area contributed by atoms with Crippen LogP contribution in [0.5, 0.6) is 0 Å². The molecule has 0 aromatic heterocycles. The number of hydrogen-bond donors (Lipinski definition) is 0. The molecule has 340 valence electrons. The van der Waals surface area contributed by atoms with Crippen LogP contribution < -0.4 is 0 Å². The predicted molar refractivity (Wildman–Crippen MR) is 249 cm³/mol. The summed E-state index contributed by atoms with van der Waals surface area (Å²) in [5.74, 6) is 2.61. The lowest BCUT2D eigenvalue weighted by Crippen LogP contribution is -2.13. The monoisotopic (exact) mass is 806 g/mol. The van der Waals surface area contributed by atoms with E-state index in [1.54, 1.807) is 0 Å². The highest BCUT2D eigenvalue weighted by Crippen LogP contribution is 2.26. The van der Waals surface area contributed by atoms with Crippen LogP contribution in [0.4, 0.5) is 0 Å². The van der Waals surface area contributed by atoms with Crippen molar-refractivity contribution in [3.63, 3.8) is 0 Å². The molecule has 5 nitrogen and oxygen atoms in total. The lowest BCUT2D eigenvalue weighted by molar-refractivity contribution is -0.144. The van der Waals surface area contributed by atoms with Gasteiger partial charge in [-0.1, -0.05) is 214 Å². The summed E-state index contributed by atoms with van der Waals surface area (Å²) < 4.78 is 11.2. The molecule has 0 aliphatic rings. The van der Waals surface area contributed by atoms with Crippen molar-refractivity contribution < 1.29 is 19.1 Å².